The lowest BCUT2D eigenvalue weighted by molar-refractivity contribution is 0.398. The summed E-state index contributed by atoms with van der Waals surface area (Å²) in [6, 6.07) is 5.00. The molecule has 0 spiro atoms. The lowest BCUT2D eigenvalue weighted by Gasteiger charge is -2.14. The highest BCUT2D eigenvalue weighted by atomic mass is 79.9. The van der Waals surface area contributed by atoms with Crippen molar-refractivity contribution in [2.75, 3.05) is 7.05 Å². The van der Waals surface area contributed by atoms with E-state index in [4.69, 9.17) is 16.0 Å². The van der Waals surface area contributed by atoms with Crippen molar-refractivity contribution in [3.8, 4) is 0 Å². The van der Waals surface area contributed by atoms with Crippen LogP contribution < -0.4 is 0 Å². The number of thiophene rings is 1. The monoisotopic (exact) mass is 383 g/mol. The van der Waals surface area contributed by atoms with E-state index in [0.717, 1.165) is 17.1 Å². The van der Waals surface area contributed by atoms with Gasteiger partial charge in [0.1, 0.15) is 15.7 Å². The van der Waals surface area contributed by atoms with Gasteiger partial charge in [-0.25, -0.2) is 8.42 Å². The molecule has 0 fully saturated rings. The molecule has 8 heteroatoms. The van der Waals surface area contributed by atoms with Gasteiger partial charge >= 0.3 is 0 Å². The van der Waals surface area contributed by atoms with Gasteiger partial charge in [-0.05, 0) is 41.1 Å². The van der Waals surface area contributed by atoms with E-state index in [2.05, 4.69) is 15.9 Å². The molecule has 0 amide bonds. The maximum atomic E-state index is 12.3. The van der Waals surface area contributed by atoms with Crippen molar-refractivity contribution in [1.82, 2.24) is 4.31 Å². The van der Waals surface area contributed by atoms with Crippen molar-refractivity contribution in [3.05, 3.63) is 38.5 Å². The van der Waals surface area contributed by atoms with Crippen LogP contribution in [0.2, 0.25) is 5.02 Å². The Morgan fingerprint density at radius 2 is 2.16 bits per heavy atom. The van der Waals surface area contributed by atoms with E-state index in [1.165, 1.54) is 17.4 Å². The number of aryl methyl sites for hydroxylation is 1. The van der Waals surface area contributed by atoms with Gasteiger partial charge in [0.05, 0.1) is 15.4 Å². The number of hydrogen-bond donors (Lipinski definition) is 0. The molecule has 0 saturated carbocycles. The highest BCUT2D eigenvalue weighted by molar-refractivity contribution is 9.11. The number of nitrogens with zero attached hydrogens (tertiary/aromatic N) is 1. The summed E-state index contributed by atoms with van der Waals surface area (Å²) in [5.74, 6) is 1.35. The maximum absolute atomic E-state index is 12.3. The SMILES string of the molecule is Cc1ccc(CN(C)S(=O)(=O)c2cc(Cl)c(Br)s2)o1. The topological polar surface area (TPSA) is 50.5 Å². The van der Waals surface area contributed by atoms with Gasteiger partial charge in [-0.15, -0.1) is 11.3 Å². The zero-order valence-electron chi connectivity index (χ0n) is 10.2. The molecule has 0 aliphatic carbocycles. The highest BCUT2D eigenvalue weighted by Crippen LogP contribution is 2.35. The predicted octanol–water partition coefficient (Wildman–Crippen LogP) is 3.89. The van der Waals surface area contributed by atoms with Crippen LogP contribution in [0, 0.1) is 6.92 Å². The van der Waals surface area contributed by atoms with Crippen LogP contribution in [-0.4, -0.2) is 19.8 Å². The lowest BCUT2D eigenvalue weighted by atomic mass is 10.4. The third-order valence-electron chi connectivity index (χ3n) is 2.46. The fourth-order valence-corrected chi connectivity index (χ4v) is 5.23. The first-order valence-corrected chi connectivity index (χ1v) is 8.70. The van der Waals surface area contributed by atoms with Crippen molar-refractivity contribution in [1.29, 1.82) is 0 Å². The molecule has 0 atom stereocenters. The van der Waals surface area contributed by atoms with E-state index < -0.39 is 10.0 Å². The first-order valence-electron chi connectivity index (χ1n) is 5.27. The van der Waals surface area contributed by atoms with Crippen molar-refractivity contribution < 1.29 is 12.8 Å². The summed E-state index contributed by atoms with van der Waals surface area (Å²) in [5, 5.41) is 0.394. The van der Waals surface area contributed by atoms with E-state index in [-0.39, 0.29) is 10.8 Å². The predicted molar refractivity (Wildman–Crippen MR) is 79.1 cm³/mol. The van der Waals surface area contributed by atoms with Gasteiger partial charge in [0, 0.05) is 7.05 Å². The smallest absolute Gasteiger partial charge is 0.252 e. The minimum absolute atomic E-state index is 0.184. The Morgan fingerprint density at radius 3 is 2.63 bits per heavy atom. The Balaban J connectivity index is 2.24. The second-order valence-corrected chi connectivity index (χ2v) is 9.01. The van der Waals surface area contributed by atoms with Crippen molar-refractivity contribution in [3.63, 3.8) is 0 Å². The van der Waals surface area contributed by atoms with Crippen LogP contribution in [0.3, 0.4) is 0 Å². The van der Waals surface area contributed by atoms with Gasteiger partial charge in [0.2, 0.25) is 0 Å². The quantitative estimate of drug-likeness (QED) is 0.803. The van der Waals surface area contributed by atoms with Crippen molar-refractivity contribution in [2.24, 2.45) is 0 Å². The average molecular weight is 385 g/mol. The summed E-state index contributed by atoms with van der Waals surface area (Å²) < 4.78 is 32.1. The highest BCUT2D eigenvalue weighted by Gasteiger charge is 2.25. The zero-order valence-corrected chi connectivity index (χ0v) is 14.2. The van der Waals surface area contributed by atoms with Gasteiger partial charge in [0.15, 0.2) is 0 Å². The summed E-state index contributed by atoms with van der Waals surface area (Å²) in [7, 11) is -2.04. The van der Waals surface area contributed by atoms with E-state index in [0.29, 0.717) is 14.6 Å². The number of halogens is 2. The van der Waals surface area contributed by atoms with Crippen LogP contribution in [0.5, 0.6) is 0 Å². The van der Waals surface area contributed by atoms with E-state index in [9.17, 15) is 8.42 Å². The first-order chi connectivity index (χ1) is 8.80. The molecule has 2 heterocycles. The molecule has 19 heavy (non-hydrogen) atoms. The number of rotatable bonds is 4. The summed E-state index contributed by atoms with van der Waals surface area (Å²) >= 11 is 10.2. The molecule has 4 nitrogen and oxygen atoms in total. The standard InChI is InChI=1S/C11H11BrClNO3S2/c1-7-3-4-8(17-7)6-14(2)19(15,16)10-5-9(13)11(12)18-10/h3-5H,6H2,1-2H3. The molecule has 0 unspecified atom stereocenters. The fraction of sp³-hybridized carbons (Fsp3) is 0.273. The van der Waals surface area contributed by atoms with Gasteiger partial charge < -0.3 is 4.42 Å². The van der Waals surface area contributed by atoms with E-state index in [1.54, 1.807) is 12.1 Å². The van der Waals surface area contributed by atoms with Gasteiger partial charge in [-0.2, -0.15) is 4.31 Å². The van der Waals surface area contributed by atoms with Gasteiger partial charge in [0.25, 0.3) is 10.0 Å². The number of furan rings is 1. The van der Waals surface area contributed by atoms with Crippen molar-refractivity contribution >= 4 is 48.9 Å². The second-order valence-electron chi connectivity index (χ2n) is 3.96. The molecule has 0 N–H and O–H groups in total. The van der Waals surface area contributed by atoms with Crippen molar-refractivity contribution in [2.45, 2.75) is 17.7 Å². The lowest BCUT2D eigenvalue weighted by Crippen LogP contribution is -2.25. The molecule has 0 saturated heterocycles. The third kappa shape index (κ3) is 3.22. The second kappa shape index (κ2) is 5.57. The number of hydrogen-bond acceptors (Lipinski definition) is 4. The molecule has 2 aromatic heterocycles. The first kappa shape index (κ1) is 15.1. The molecule has 0 radical (unpaired) electrons. The van der Waals surface area contributed by atoms with Crippen LogP contribution in [0.15, 0.2) is 30.6 Å². The Hall–Kier alpha value is -0.340. The third-order valence-corrected chi connectivity index (χ3v) is 7.19. The zero-order chi connectivity index (χ0) is 14.2. The number of sulfonamides is 1. The summed E-state index contributed by atoms with van der Waals surface area (Å²) in [5.41, 5.74) is 0. The summed E-state index contributed by atoms with van der Waals surface area (Å²) in [4.78, 5) is 0. The molecule has 104 valence electrons. The normalized spacial score (nSPS) is 12.3. The Labute approximate surface area is 129 Å². The molecule has 2 rings (SSSR count). The summed E-state index contributed by atoms with van der Waals surface area (Å²) in [6.07, 6.45) is 0. The van der Waals surface area contributed by atoms with Crippen LogP contribution >= 0.6 is 38.9 Å². The molecular formula is C11H11BrClNO3S2. The minimum Gasteiger partial charge on any atom is -0.465 e. The van der Waals surface area contributed by atoms with Gasteiger partial charge in [-0.1, -0.05) is 11.6 Å². The molecule has 2 aromatic rings. The fourth-order valence-electron chi connectivity index (χ4n) is 1.48. The molecular weight excluding hydrogens is 374 g/mol. The van der Waals surface area contributed by atoms with Crippen LogP contribution in [0.25, 0.3) is 0 Å². The average Bonchev–Trinajstić information content (AvgIpc) is 2.87. The van der Waals surface area contributed by atoms with E-state index >= 15 is 0 Å². The summed E-state index contributed by atoms with van der Waals surface area (Å²) in [6.45, 7) is 2.00. The Morgan fingerprint density at radius 1 is 1.47 bits per heavy atom. The Kier molecular flexibility index (Phi) is 4.42. The van der Waals surface area contributed by atoms with Gasteiger partial charge in [-0.3, -0.25) is 0 Å². The molecule has 0 bridgehead atoms. The van der Waals surface area contributed by atoms with Crippen LogP contribution in [0.4, 0.5) is 0 Å². The van der Waals surface area contributed by atoms with Crippen LogP contribution in [-0.2, 0) is 16.6 Å². The maximum Gasteiger partial charge on any atom is 0.252 e. The molecule has 0 aromatic carbocycles. The minimum atomic E-state index is -3.55. The molecule has 0 aliphatic rings. The Bertz CT molecular complexity index is 673. The largest absolute Gasteiger partial charge is 0.465 e. The van der Waals surface area contributed by atoms with E-state index in [1.807, 2.05) is 6.92 Å². The van der Waals surface area contributed by atoms with Crippen LogP contribution in [0.1, 0.15) is 11.5 Å². The molecule has 0 aliphatic heterocycles.